The Balaban J connectivity index is 1.48. The third kappa shape index (κ3) is 3.73. The number of rotatable bonds is 4. The van der Waals surface area contributed by atoms with E-state index in [1.165, 1.54) is 41.0 Å². The summed E-state index contributed by atoms with van der Waals surface area (Å²) in [5, 5.41) is 1.15. The van der Waals surface area contributed by atoms with Gasteiger partial charge in [0, 0.05) is 36.8 Å². The second-order valence-corrected chi connectivity index (χ2v) is 8.29. The van der Waals surface area contributed by atoms with Gasteiger partial charge < -0.3 is 9.64 Å². The first-order valence-corrected chi connectivity index (χ1v) is 10.1. The highest BCUT2D eigenvalue weighted by Gasteiger charge is 2.28. The number of thiazole rings is 1. The van der Waals surface area contributed by atoms with E-state index in [4.69, 9.17) is 4.74 Å². The standard InChI is InChI=1S/C20H27N3OS/c1-15-5-6-16(2)18(12-15)19-4-3-7-23(19)14-17-13-21-20(25-17)22-8-10-24-11-9-22/h5-6,12-13,19H,3-4,7-11,14H2,1-2H3/t19-/m1/s1. The molecule has 2 aromatic rings. The van der Waals surface area contributed by atoms with Crippen LogP contribution in [0.15, 0.2) is 24.4 Å². The maximum absolute atomic E-state index is 5.45. The van der Waals surface area contributed by atoms with Crippen LogP contribution in [-0.2, 0) is 11.3 Å². The van der Waals surface area contributed by atoms with E-state index in [-0.39, 0.29) is 0 Å². The molecule has 2 aliphatic heterocycles. The Morgan fingerprint density at radius 3 is 2.88 bits per heavy atom. The zero-order valence-electron chi connectivity index (χ0n) is 15.2. The molecule has 0 unspecified atom stereocenters. The van der Waals surface area contributed by atoms with Crippen LogP contribution in [-0.4, -0.2) is 42.7 Å². The maximum Gasteiger partial charge on any atom is 0.185 e. The number of benzene rings is 1. The molecule has 0 aliphatic carbocycles. The Morgan fingerprint density at radius 1 is 1.20 bits per heavy atom. The predicted molar refractivity (Wildman–Crippen MR) is 103 cm³/mol. The molecule has 134 valence electrons. The lowest BCUT2D eigenvalue weighted by Gasteiger charge is -2.26. The van der Waals surface area contributed by atoms with E-state index in [1.54, 1.807) is 0 Å². The molecule has 1 aromatic carbocycles. The normalized spacial score (nSPS) is 21.8. The van der Waals surface area contributed by atoms with Gasteiger partial charge >= 0.3 is 0 Å². The summed E-state index contributed by atoms with van der Waals surface area (Å²) in [7, 11) is 0. The van der Waals surface area contributed by atoms with Crippen LogP contribution < -0.4 is 4.90 Å². The maximum atomic E-state index is 5.45. The minimum Gasteiger partial charge on any atom is -0.378 e. The third-order valence-electron chi connectivity index (χ3n) is 5.34. The van der Waals surface area contributed by atoms with Crippen molar-refractivity contribution in [3.63, 3.8) is 0 Å². The molecule has 5 heteroatoms. The number of aromatic nitrogens is 1. The SMILES string of the molecule is Cc1ccc(C)c([C@H]2CCCN2Cc2cnc(N3CCOCC3)s2)c1. The first-order chi connectivity index (χ1) is 12.2. The molecule has 1 aromatic heterocycles. The Morgan fingerprint density at radius 2 is 2.04 bits per heavy atom. The lowest BCUT2D eigenvalue weighted by atomic mass is 9.97. The molecule has 4 rings (SSSR count). The van der Waals surface area contributed by atoms with Gasteiger partial charge in [-0.3, -0.25) is 4.90 Å². The van der Waals surface area contributed by atoms with Gasteiger partial charge in [-0.15, -0.1) is 11.3 Å². The van der Waals surface area contributed by atoms with Crippen molar-refractivity contribution >= 4 is 16.5 Å². The molecular weight excluding hydrogens is 330 g/mol. The fourth-order valence-corrected chi connectivity index (χ4v) is 4.95. The molecule has 2 aliphatic rings. The summed E-state index contributed by atoms with van der Waals surface area (Å²) in [6, 6.07) is 7.42. The largest absolute Gasteiger partial charge is 0.378 e. The van der Waals surface area contributed by atoms with Crippen LogP contribution in [0, 0.1) is 13.8 Å². The van der Waals surface area contributed by atoms with Gasteiger partial charge in [0.1, 0.15) is 0 Å². The summed E-state index contributed by atoms with van der Waals surface area (Å²) < 4.78 is 5.45. The van der Waals surface area contributed by atoms with Gasteiger partial charge in [-0.05, 0) is 44.4 Å². The molecule has 0 bridgehead atoms. The highest BCUT2D eigenvalue weighted by atomic mass is 32.1. The van der Waals surface area contributed by atoms with Crippen LogP contribution in [0.5, 0.6) is 0 Å². The fourth-order valence-electron chi connectivity index (χ4n) is 3.96. The first kappa shape index (κ1) is 17.0. The minimum atomic E-state index is 0.550. The molecule has 2 fully saturated rings. The molecule has 0 amide bonds. The quantitative estimate of drug-likeness (QED) is 0.829. The number of aryl methyl sites for hydroxylation is 2. The van der Waals surface area contributed by atoms with Crippen LogP contribution in [0.25, 0.3) is 0 Å². The predicted octanol–water partition coefficient (Wildman–Crippen LogP) is 3.93. The molecule has 4 nitrogen and oxygen atoms in total. The van der Waals surface area contributed by atoms with Crippen molar-refractivity contribution in [2.45, 2.75) is 39.3 Å². The second-order valence-electron chi connectivity index (χ2n) is 7.20. The zero-order chi connectivity index (χ0) is 17.2. The van der Waals surface area contributed by atoms with Crippen molar-refractivity contribution in [2.75, 3.05) is 37.7 Å². The highest BCUT2D eigenvalue weighted by Crippen LogP contribution is 2.36. The van der Waals surface area contributed by atoms with E-state index < -0.39 is 0 Å². The molecular formula is C20H27N3OS. The summed E-state index contributed by atoms with van der Waals surface area (Å²) in [4.78, 5) is 11.0. The molecule has 0 spiro atoms. The van der Waals surface area contributed by atoms with Crippen LogP contribution in [0.4, 0.5) is 5.13 Å². The molecule has 25 heavy (non-hydrogen) atoms. The van der Waals surface area contributed by atoms with Gasteiger partial charge in [0.05, 0.1) is 13.2 Å². The zero-order valence-corrected chi connectivity index (χ0v) is 16.0. The minimum absolute atomic E-state index is 0.550. The molecule has 1 atom stereocenters. The fraction of sp³-hybridized carbons (Fsp3) is 0.550. The Hall–Kier alpha value is -1.43. The summed E-state index contributed by atoms with van der Waals surface area (Å²) in [6.07, 6.45) is 4.63. The molecule has 2 saturated heterocycles. The van der Waals surface area contributed by atoms with E-state index in [1.807, 2.05) is 11.3 Å². The van der Waals surface area contributed by atoms with Gasteiger partial charge in [0.2, 0.25) is 0 Å². The summed E-state index contributed by atoms with van der Waals surface area (Å²) >= 11 is 1.85. The van der Waals surface area contributed by atoms with Crippen molar-refractivity contribution in [3.05, 3.63) is 46.0 Å². The van der Waals surface area contributed by atoms with Gasteiger partial charge in [0.15, 0.2) is 5.13 Å². The van der Waals surface area contributed by atoms with E-state index >= 15 is 0 Å². The van der Waals surface area contributed by atoms with Crippen molar-refractivity contribution < 1.29 is 4.74 Å². The Bertz CT molecular complexity index is 723. The van der Waals surface area contributed by atoms with Crippen molar-refractivity contribution in [1.82, 2.24) is 9.88 Å². The molecule has 0 radical (unpaired) electrons. The summed E-state index contributed by atoms with van der Waals surface area (Å²) in [5.74, 6) is 0. The Labute approximate surface area is 154 Å². The highest BCUT2D eigenvalue weighted by molar-refractivity contribution is 7.15. The van der Waals surface area contributed by atoms with Gasteiger partial charge in [-0.2, -0.15) is 0 Å². The number of hydrogen-bond acceptors (Lipinski definition) is 5. The van der Waals surface area contributed by atoms with Gasteiger partial charge in [-0.1, -0.05) is 23.8 Å². The van der Waals surface area contributed by atoms with Crippen molar-refractivity contribution in [1.29, 1.82) is 0 Å². The van der Waals surface area contributed by atoms with E-state index in [9.17, 15) is 0 Å². The lowest BCUT2D eigenvalue weighted by Crippen LogP contribution is -2.36. The van der Waals surface area contributed by atoms with E-state index in [0.29, 0.717) is 6.04 Å². The lowest BCUT2D eigenvalue weighted by molar-refractivity contribution is 0.122. The number of likely N-dealkylation sites (tertiary alicyclic amines) is 1. The molecule has 0 saturated carbocycles. The van der Waals surface area contributed by atoms with Crippen molar-refractivity contribution in [2.24, 2.45) is 0 Å². The van der Waals surface area contributed by atoms with E-state index in [0.717, 1.165) is 38.0 Å². The van der Waals surface area contributed by atoms with Gasteiger partial charge in [-0.25, -0.2) is 4.98 Å². The smallest absolute Gasteiger partial charge is 0.185 e. The van der Waals surface area contributed by atoms with Crippen molar-refractivity contribution in [3.8, 4) is 0 Å². The topological polar surface area (TPSA) is 28.6 Å². The summed E-state index contributed by atoms with van der Waals surface area (Å²) in [6.45, 7) is 10.2. The van der Waals surface area contributed by atoms with E-state index in [2.05, 4.69) is 53.0 Å². The average Bonchev–Trinajstić information content (AvgIpc) is 3.28. The number of hydrogen-bond donors (Lipinski definition) is 0. The monoisotopic (exact) mass is 357 g/mol. The molecule has 0 N–H and O–H groups in total. The first-order valence-electron chi connectivity index (χ1n) is 9.29. The van der Waals surface area contributed by atoms with Crippen LogP contribution in [0.2, 0.25) is 0 Å². The summed E-state index contributed by atoms with van der Waals surface area (Å²) in [5.41, 5.74) is 4.29. The number of anilines is 1. The number of morpholine rings is 1. The van der Waals surface area contributed by atoms with Crippen LogP contribution >= 0.6 is 11.3 Å². The average molecular weight is 358 g/mol. The third-order valence-corrected chi connectivity index (χ3v) is 6.38. The number of ether oxygens (including phenoxy) is 1. The van der Waals surface area contributed by atoms with Crippen LogP contribution in [0.3, 0.4) is 0 Å². The molecule has 3 heterocycles. The number of nitrogens with zero attached hydrogens (tertiary/aromatic N) is 3. The Kier molecular flexibility index (Phi) is 5.06. The van der Waals surface area contributed by atoms with Gasteiger partial charge in [0.25, 0.3) is 0 Å². The van der Waals surface area contributed by atoms with Crippen LogP contribution in [0.1, 0.15) is 40.5 Å². The second kappa shape index (κ2) is 7.44.